The lowest BCUT2D eigenvalue weighted by Crippen LogP contribution is -2.35. The predicted octanol–water partition coefficient (Wildman–Crippen LogP) is 2.49. The van der Waals surface area contributed by atoms with Crippen LogP contribution in [0.1, 0.15) is 10.4 Å². The molecule has 6 nitrogen and oxygen atoms in total. The second-order valence-corrected chi connectivity index (χ2v) is 5.28. The second kappa shape index (κ2) is 7.20. The molecular weight excluding hydrogens is 327 g/mol. The number of amides is 2. The number of halogens is 2. The van der Waals surface area contributed by atoms with Gasteiger partial charge in [-0.25, -0.2) is 0 Å². The fourth-order valence-electron chi connectivity index (χ4n) is 1.70. The third kappa shape index (κ3) is 4.16. The Bertz CT molecular complexity index is 694. The first-order valence-electron chi connectivity index (χ1n) is 6.24. The van der Waals surface area contributed by atoms with Crippen LogP contribution < -0.4 is 5.32 Å². The number of hydrogen-bond donors (Lipinski definition) is 1. The van der Waals surface area contributed by atoms with Crippen LogP contribution in [0, 0.1) is 0 Å². The average molecular weight is 339 g/mol. The van der Waals surface area contributed by atoms with Crippen molar-refractivity contribution in [3.8, 4) is 0 Å². The summed E-state index contributed by atoms with van der Waals surface area (Å²) in [6, 6.07) is 6.27. The molecule has 0 saturated heterocycles. The Morgan fingerprint density at radius 3 is 2.59 bits per heavy atom. The van der Waals surface area contributed by atoms with Gasteiger partial charge in [0.2, 0.25) is 5.91 Å². The smallest absolute Gasteiger partial charge is 0.255 e. The molecule has 1 heterocycles. The predicted molar refractivity (Wildman–Crippen MR) is 84.1 cm³/mol. The van der Waals surface area contributed by atoms with Crippen molar-refractivity contribution in [1.82, 2.24) is 15.1 Å². The summed E-state index contributed by atoms with van der Waals surface area (Å²) in [5.41, 5.74) is 0.866. The number of nitrogens with zero attached hydrogens (tertiary/aromatic N) is 3. The van der Waals surface area contributed by atoms with E-state index >= 15 is 0 Å². The minimum Gasteiger partial charge on any atom is -0.332 e. The molecule has 2 rings (SSSR count). The molecule has 0 fully saturated rings. The van der Waals surface area contributed by atoms with Crippen molar-refractivity contribution in [3.05, 3.63) is 52.3 Å². The first-order chi connectivity index (χ1) is 10.5. The van der Waals surface area contributed by atoms with E-state index in [1.54, 1.807) is 12.1 Å². The van der Waals surface area contributed by atoms with E-state index in [2.05, 4.69) is 15.5 Å². The normalized spacial score (nSPS) is 10.1. The SMILES string of the molecule is CN(CC(=O)Nc1ccc(Cl)c(Cl)c1)C(=O)c1ccnnc1. The Morgan fingerprint density at radius 1 is 1.18 bits per heavy atom. The lowest BCUT2D eigenvalue weighted by Gasteiger charge is -2.16. The summed E-state index contributed by atoms with van der Waals surface area (Å²) in [4.78, 5) is 25.3. The summed E-state index contributed by atoms with van der Waals surface area (Å²) < 4.78 is 0. The van der Waals surface area contributed by atoms with Crippen molar-refractivity contribution < 1.29 is 9.59 Å². The highest BCUT2D eigenvalue weighted by Crippen LogP contribution is 2.24. The summed E-state index contributed by atoms with van der Waals surface area (Å²) in [6.07, 6.45) is 2.76. The van der Waals surface area contributed by atoms with Gasteiger partial charge in [0.25, 0.3) is 5.91 Å². The van der Waals surface area contributed by atoms with Crippen molar-refractivity contribution in [1.29, 1.82) is 0 Å². The topological polar surface area (TPSA) is 75.2 Å². The second-order valence-electron chi connectivity index (χ2n) is 4.47. The number of carbonyl (C=O) groups excluding carboxylic acids is 2. The van der Waals surface area contributed by atoms with E-state index in [1.165, 1.54) is 36.5 Å². The molecule has 0 aliphatic carbocycles. The van der Waals surface area contributed by atoms with Crippen LogP contribution in [0.4, 0.5) is 5.69 Å². The largest absolute Gasteiger partial charge is 0.332 e. The first-order valence-corrected chi connectivity index (χ1v) is 7.00. The Hall–Kier alpha value is -2.18. The Morgan fingerprint density at radius 2 is 1.95 bits per heavy atom. The Labute approximate surface area is 137 Å². The van der Waals surface area contributed by atoms with E-state index in [4.69, 9.17) is 23.2 Å². The van der Waals surface area contributed by atoms with Crippen LogP contribution in [-0.4, -0.2) is 40.5 Å². The molecule has 0 radical (unpaired) electrons. The molecule has 0 atom stereocenters. The van der Waals surface area contributed by atoms with Gasteiger partial charge in [0.15, 0.2) is 0 Å². The maximum absolute atomic E-state index is 12.1. The van der Waals surface area contributed by atoms with Crippen LogP contribution in [0.15, 0.2) is 36.7 Å². The average Bonchev–Trinajstić information content (AvgIpc) is 2.51. The molecule has 114 valence electrons. The molecule has 2 aromatic rings. The van der Waals surface area contributed by atoms with Crippen LogP contribution in [0.25, 0.3) is 0 Å². The van der Waals surface area contributed by atoms with Crippen molar-refractivity contribution in [2.75, 3.05) is 18.9 Å². The summed E-state index contributed by atoms with van der Waals surface area (Å²) in [5.74, 6) is -0.671. The van der Waals surface area contributed by atoms with Crippen LogP contribution in [-0.2, 0) is 4.79 Å². The van der Waals surface area contributed by atoms with Crippen LogP contribution in [0.2, 0.25) is 10.0 Å². The zero-order chi connectivity index (χ0) is 16.1. The molecule has 22 heavy (non-hydrogen) atoms. The minimum atomic E-state index is -0.351. The van der Waals surface area contributed by atoms with Crippen molar-refractivity contribution >= 4 is 40.7 Å². The zero-order valence-electron chi connectivity index (χ0n) is 11.6. The molecule has 8 heteroatoms. The van der Waals surface area contributed by atoms with E-state index in [1.807, 2.05) is 0 Å². The van der Waals surface area contributed by atoms with E-state index < -0.39 is 0 Å². The van der Waals surface area contributed by atoms with Gasteiger partial charge in [0.05, 0.1) is 34.5 Å². The quantitative estimate of drug-likeness (QED) is 0.929. The van der Waals surface area contributed by atoms with Gasteiger partial charge in [0.1, 0.15) is 0 Å². The first kappa shape index (κ1) is 16.2. The van der Waals surface area contributed by atoms with E-state index in [-0.39, 0.29) is 18.4 Å². The van der Waals surface area contributed by atoms with Crippen LogP contribution in [0.5, 0.6) is 0 Å². The monoisotopic (exact) mass is 338 g/mol. The van der Waals surface area contributed by atoms with Gasteiger partial charge >= 0.3 is 0 Å². The number of carbonyl (C=O) groups is 2. The number of nitrogens with one attached hydrogen (secondary N) is 1. The summed E-state index contributed by atoms with van der Waals surface area (Å²) in [6.45, 7) is -0.110. The van der Waals surface area contributed by atoms with Crippen LogP contribution >= 0.6 is 23.2 Å². The third-order valence-electron chi connectivity index (χ3n) is 2.76. The number of anilines is 1. The van der Waals surface area contributed by atoms with Gasteiger partial charge in [-0.1, -0.05) is 23.2 Å². The van der Waals surface area contributed by atoms with E-state index in [9.17, 15) is 9.59 Å². The molecule has 0 unspecified atom stereocenters. The number of rotatable bonds is 4. The summed E-state index contributed by atoms with van der Waals surface area (Å²) in [5, 5.41) is 10.6. The number of hydrogen-bond acceptors (Lipinski definition) is 4. The molecule has 1 aromatic carbocycles. The third-order valence-corrected chi connectivity index (χ3v) is 3.50. The zero-order valence-corrected chi connectivity index (χ0v) is 13.1. The molecule has 0 aliphatic heterocycles. The lowest BCUT2D eigenvalue weighted by molar-refractivity contribution is -0.116. The molecular formula is C14H12Cl2N4O2. The van der Waals surface area contributed by atoms with Gasteiger partial charge in [0, 0.05) is 12.7 Å². The minimum absolute atomic E-state index is 0.110. The Kier molecular flexibility index (Phi) is 5.30. The summed E-state index contributed by atoms with van der Waals surface area (Å²) >= 11 is 11.7. The lowest BCUT2D eigenvalue weighted by atomic mass is 10.2. The van der Waals surface area contributed by atoms with Gasteiger partial charge in [-0.15, -0.1) is 0 Å². The molecule has 0 bridgehead atoms. The van der Waals surface area contributed by atoms with Gasteiger partial charge < -0.3 is 10.2 Å². The standard InChI is InChI=1S/C14H12Cl2N4O2/c1-20(14(22)9-4-5-17-18-7-9)8-13(21)19-10-2-3-11(15)12(16)6-10/h2-7H,8H2,1H3,(H,19,21). The van der Waals surface area contributed by atoms with Crippen LogP contribution in [0.3, 0.4) is 0 Å². The summed E-state index contributed by atoms with van der Waals surface area (Å²) in [7, 11) is 1.52. The highest BCUT2D eigenvalue weighted by atomic mass is 35.5. The van der Waals surface area contributed by atoms with E-state index in [0.29, 0.717) is 21.3 Å². The highest BCUT2D eigenvalue weighted by Gasteiger charge is 2.15. The molecule has 0 saturated carbocycles. The highest BCUT2D eigenvalue weighted by molar-refractivity contribution is 6.42. The molecule has 1 N–H and O–H groups in total. The Balaban J connectivity index is 1.96. The number of likely N-dealkylation sites (N-methyl/N-ethyl adjacent to an activating group) is 1. The molecule has 1 aromatic heterocycles. The van der Waals surface area contributed by atoms with Gasteiger partial charge in [-0.3, -0.25) is 9.59 Å². The van der Waals surface area contributed by atoms with Crippen molar-refractivity contribution in [2.45, 2.75) is 0 Å². The molecule has 2 amide bonds. The van der Waals surface area contributed by atoms with Crippen molar-refractivity contribution in [2.24, 2.45) is 0 Å². The van der Waals surface area contributed by atoms with Gasteiger partial charge in [-0.05, 0) is 24.3 Å². The maximum Gasteiger partial charge on any atom is 0.255 e. The fraction of sp³-hybridized carbons (Fsp3) is 0.143. The number of aromatic nitrogens is 2. The fourth-order valence-corrected chi connectivity index (χ4v) is 2.00. The van der Waals surface area contributed by atoms with Crippen molar-refractivity contribution in [3.63, 3.8) is 0 Å². The maximum atomic E-state index is 12.1. The molecule has 0 spiro atoms. The molecule has 0 aliphatic rings. The van der Waals surface area contributed by atoms with Gasteiger partial charge in [-0.2, -0.15) is 10.2 Å². The van der Waals surface area contributed by atoms with E-state index in [0.717, 1.165) is 0 Å². The number of benzene rings is 1.